The Kier molecular flexibility index (Phi) is 5.98. The fourth-order valence-electron chi connectivity index (χ4n) is 4.62. The van der Waals surface area contributed by atoms with Gasteiger partial charge in [-0.2, -0.15) is 13.2 Å². The quantitative estimate of drug-likeness (QED) is 0.640. The van der Waals surface area contributed by atoms with E-state index in [1.165, 1.54) is 36.1 Å². The standard InChI is InChI=1S/C23H23F3N2O4S/c1-14-10-11-15(13-28-21(29)16-6-2-3-7-17(16)22(28)30)12-20(14)33(31,32)27-19-9-5-4-8-18(19)23(24,25)26/h4-5,8-12,16-17,27H,2-3,6-7,13H2,1H3. The number of anilines is 1. The van der Waals surface area contributed by atoms with Gasteiger partial charge in [0, 0.05) is 0 Å². The number of alkyl halides is 3. The summed E-state index contributed by atoms with van der Waals surface area (Å²) in [6.45, 7) is 1.45. The van der Waals surface area contributed by atoms with Crippen LogP contribution < -0.4 is 4.72 Å². The summed E-state index contributed by atoms with van der Waals surface area (Å²) >= 11 is 0. The highest BCUT2D eigenvalue weighted by Gasteiger charge is 2.48. The number of carbonyl (C=O) groups is 2. The van der Waals surface area contributed by atoms with Crippen LogP contribution >= 0.6 is 0 Å². The van der Waals surface area contributed by atoms with E-state index in [4.69, 9.17) is 0 Å². The van der Waals surface area contributed by atoms with Crippen LogP contribution in [0.1, 0.15) is 42.4 Å². The van der Waals surface area contributed by atoms with Crippen molar-refractivity contribution in [3.63, 3.8) is 0 Å². The number of nitrogens with zero attached hydrogens (tertiary/aromatic N) is 1. The lowest BCUT2D eigenvalue weighted by molar-refractivity contribution is -0.140. The monoisotopic (exact) mass is 480 g/mol. The SMILES string of the molecule is Cc1ccc(CN2C(=O)C3CCCCC3C2=O)cc1S(=O)(=O)Nc1ccccc1C(F)(F)F. The molecule has 1 saturated carbocycles. The Labute approximate surface area is 189 Å². The van der Waals surface area contributed by atoms with E-state index in [9.17, 15) is 31.2 Å². The molecule has 0 spiro atoms. The first kappa shape index (κ1) is 23.3. The largest absolute Gasteiger partial charge is 0.418 e. The molecule has 176 valence electrons. The maximum atomic E-state index is 13.3. The van der Waals surface area contributed by atoms with Crippen molar-refractivity contribution in [2.45, 2.75) is 50.2 Å². The van der Waals surface area contributed by atoms with Crippen LogP contribution in [-0.4, -0.2) is 25.1 Å². The van der Waals surface area contributed by atoms with Crippen molar-refractivity contribution in [2.24, 2.45) is 11.8 Å². The molecule has 2 atom stereocenters. The molecule has 33 heavy (non-hydrogen) atoms. The number of carbonyl (C=O) groups excluding carboxylic acids is 2. The molecule has 6 nitrogen and oxygen atoms in total. The molecule has 2 amide bonds. The maximum Gasteiger partial charge on any atom is 0.418 e. The summed E-state index contributed by atoms with van der Waals surface area (Å²) in [5.74, 6) is -1.13. The number of likely N-dealkylation sites (tertiary alicyclic amines) is 1. The molecule has 1 saturated heterocycles. The zero-order valence-corrected chi connectivity index (χ0v) is 18.7. The number of amides is 2. The van der Waals surface area contributed by atoms with Crippen molar-refractivity contribution >= 4 is 27.5 Å². The second kappa shape index (κ2) is 8.48. The van der Waals surface area contributed by atoms with Gasteiger partial charge >= 0.3 is 6.18 Å². The molecule has 0 radical (unpaired) electrons. The molecule has 4 rings (SSSR count). The van der Waals surface area contributed by atoms with Crippen molar-refractivity contribution in [2.75, 3.05) is 4.72 Å². The second-order valence-electron chi connectivity index (χ2n) is 8.51. The second-order valence-corrected chi connectivity index (χ2v) is 10.2. The molecule has 1 aliphatic carbocycles. The van der Waals surface area contributed by atoms with E-state index < -0.39 is 27.5 Å². The van der Waals surface area contributed by atoms with Gasteiger partial charge in [-0.25, -0.2) is 8.42 Å². The molecule has 2 aromatic carbocycles. The molecule has 1 aliphatic heterocycles. The van der Waals surface area contributed by atoms with Gasteiger partial charge in [-0.3, -0.25) is 19.2 Å². The van der Waals surface area contributed by atoms with Crippen LogP contribution in [-0.2, 0) is 32.3 Å². The van der Waals surface area contributed by atoms with Gasteiger partial charge in [0.25, 0.3) is 10.0 Å². The van der Waals surface area contributed by atoms with Gasteiger partial charge in [0.05, 0.1) is 34.5 Å². The number of fused-ring (bicyclic) bond motifs is 1. The van der Waals surface area contributed by atoms with E-state index in [-0.39, 0.29) is 35.1 Å². The van der Waals surface area contributed by atoms with E-state index in [1.54, 1.807) is 6.07 Å². The number of benzene rings is 2. The Morgan fingerprint density at radius 2 is 1.61 bits per heavy atom. The lowest BCUT2D eigenvalue weighted by Crippen LogP contribution is -2.30. The molecule has 2 aliphatic rings. The molecule has 10 heteroatoms. The average Bonchev–Trinajstić information content (AvgIpc) is 2.99. The zero-order chi connectivity index (χ0) is 24.0. The number of halogens is 3. The summed E-state index contributed by atoms with van der Waals surface area (Å²) in [4.78, 5) is 26.4. The van der Waals surface area contributed by atoms with Crippen LogP contribution in [0.25, 0.3) is 0 Å². The van der Waals surface area contributed by atoms with E-state index in [0.717, 1.165) is 25.0 Å². The minimum atomic E-state index is -4.73. The molecule has 2 unspecified atom stereocenters. The van der Waals surface area contributed by atoms with Crippen molar-refractivity contribution in [3.8, 4) is 0 Å². The molecular weight excluding hydrogens is 457 g/mol. The highest BCUT2D eigenvalue weighted by molar-refractivity contribution is 7.92. The summed E-state index contributed by atoms with van der Waals surface area (Å²) < 4.78 is 67.9. The molecule has 1 N–H and O–H groups in total. The predicted octanol–water partition coefficient (Wildman–Crippen LogP) is 4.49. The normalized spacial score (nSPS) is 21.3. The Bertz CT molecular complexity index is 1190. The van der Waals surface area contributed by atoms with Gasteiger partial charge in [0.15, 0.2) is 0 Å². The number of nitrogens with one attached hydrogen (secondary N) is 1. The summed E-state index contributed by atoms with van der Waals surface area (Å²) in [5, 5.41) is 0. The highest BCUT2D eigenvalue weighted by atomic mass is 32.2. The smallest absolute Gasteiger partial charge is 0.279 e. The summed E-state index contributed by atoms with van der Waals surface area (Å²) in [6.07, 6.45) is -1.61. The van der Waals surface area contributed by atoms with E-state index in [1.807, 2.05) is 4.72 Å². The third-order valence-electron chi connectivity index (χ3n) is 6.29. The lowest BCUT2D eigenvalue weighted by atomic mass is 9.81. The first-order valence-corrected chi connectivity index (χ1v) is 12.1. The Morgan fingerprint density at radius 3 is 2.21 bits per heavy atom. The molecule has 0 bridgehead atoms. The summed E-state index contributed by atoms with van der Waals surface area (Å²) in [7, 11) is -4.37. The summed E-state index contributed by atoms with van der Waals surface area (Å²) in [5.41, 5.74) is -0.948. The topological polar surface area (TPSA) is 83.6 Å². The molecular formula is C23H23F3N2O4S. The minimum Gasteiger partial charge on any atom is -0.279 e. The van der Waals surface area contributed by atoms with Gasteiger partial charge in [-0.1, -0.05) is 37.1 Å². The van der Waals surface area contributed by atoms with Crippen LogP contribution in [0, 0.1) is 18.8 Å². The van der Waals surface area contributed by atoms with Crippen LogP contribution in [0.2, 0.25) is 0 Å². The van der Waals surface area contributed by atoms with E-state index in [2.05, 4.69) is 0 Å². The number of para-hydroxylation sites is 1. The molecule has 0 aromatic heterocycles. The number of rotatable bonds is 5. The van der Waals surface area contributed by atoms with Crippen molar-refractivity contribution in [1.29, 1.82) is 0 Å². The Morgan fingerprint density at radius 1 is 1.00 bits per heavy atom. The highest BCUT2D eigenvalue weighted by Crippen LogP contribution is 2.39. The number of hydrogen-bond donors (Lipinski definition) is 1. The Balaban J connectivity index is 1.62. The van der Waals surface area contributed by atoms with E-state index >= 15 is 0 Å². The van der Waals surface area contributed by atoms with Gasteiger partial charge in [-0.05, 0) is 49.1 Å². The fourth-order valence-corrected chi connectivity index (χ4v) is 6.00. The molecule has 2 aromatic rings. The summed E-state index contributed by atoms with van der Waals surface area (Å²) in [6, 6.07) is 8.75. The number of hydrogen-bond acceptors (Lipinski definition) is 4. The molecule has 2 fully saturated rings. The van der Waals surface area contributed by atoms with Crippen molar-refractivity contribution in [3.05, 3.63) is 59.2 Å². The van der Waals surface area contributed by atoms with Crippen molar-refractivity contribution < 1.29 is 31.2 Å². The average molecular weight is 481 g/mol. The van der Waals surface area contributed by atoms with Gasteiger partial charge < -0.3 is 0 Å². The maximum absolute atomic E-state index is 13.3. The van der Waals surface area contributed by atoms with E-state index in [0.29, 0.717) is 24.0 Å². The van der Waals surface area contributed by atoms with Crippen molar-refractivity contribution in [1.82, 2.24) is 4.90 Å². The third-order valence-corrected chi connectivity index (χ3v) is 7.80. The fraction of sp³-hybridized carbons (Fsp3) is 0.391. The van der Waals surface area contributed by atoms with Gasteiger partial charge in [0.1, 0.15) is 0 Å². The Hall–Kier alpha value is -2.88. The number of sulfonamides is 1. The molecule has 1 heterocycles. The zero-order valence-electron chi connectivity index (χ0n) is 17.9. The number of imide groups is 1. The van der Waals surface area contributed by atoms with Gasteiger partial charge in [-0.15, -0.1) is 0 Å². The lowest BCUT2D eigenvalue weighted by Gasteiger charge is -2.19. The minimum absolute atomic E-state index is 0.0768. The van der Waals surface area contributed by atoms with Crippen LogP contribution in [0.3, 0.4) is 0 Å². The third kappa shape index (κ3) is 4.48. The number of aryl methyl sites for hydroxylation is 1. The predicted molar refractivity (Wildman–Crippen MR) is 114 cm³/mol. The van der Waals surface area contributed by atoms with Crippen LogP contribution in [0.15, 0.2) is 47.4 Å². The van der Waals surface area contributed by atoms with Crippen LogP contribution in [0.5, 0.6) is 0 Å². The first-order valence-electron chi connectivity index (χ1n) is 10.6. The van der Waals surface area contributed by atoms with Crippen LogP contribution in [0.4, 0.5) is 18.9 Å². The first-order chi connectivity index (χ1) is 15.5. The van der Waals surface area contributed by atoms with Gasteiger partial charge in [0.2, 0.25) is 11.8 Å².